The number of carbonyl (C=O) groups is 1. The summed E-state index contributed by atoms with van der Waals surface area (Å²) in [5.74, 6) is -0.540. The van der Waals surface area contributed by atoms with Crippen LogP contribution in [0.2, 0.25) is 0 Å². The van der Waals surface area contributed by atoms with Crippen molar-refractivity contribution in [1.29, 1.82) is 0 Å². The number of aromatic nitrogens is 2. The molecule has 0 spiro atoms. The van der Waals surface area contributed by atoms with Gasteiger partial charge < -0.3 is 10.3 Å². The molecule has 0 unspecified atom stereocenters. The summed E-state index contributed by atoms with van der Waals surface area (Å²) in [6, 6.07) is 23.6. The summed E-state index contributed by atoms with van der Waals surface area (Å²) >= 11 is 1.37. The summed E-state index contributed by atoms with van der Waals surface area (Å²) in [5.41, 5.74) is 3.97. The molecule has 5 rings (SSSR count). The van der Waals surface area contributed by atoms with Crippen molar-refractivity contribution < 1.29 is 9.18 Å². The number of nitrogens with one attached hydrogen (secondary N) is 2. The number of amides is 1. The van der Waals surface area contributed by atoms with Gasteiger partial charge in [-0.2, -0.15) is 0 Å². The van der Waals surface area contributed by atoms with Gasteiger partial charge in [0.25, 0.3) is 5.91 Å². The fourth-order valence-electron chi connectivity index (χ4n) is 3.36. The van der Waals surface area contributed by atoms with Gasteiger partial charge in [-0.3, -0.25) is 4.79 Å². The van der Waals surface area contributed by atoms with Gasteiger partial charge in [-0.1, -0.05) is 48.5 Å². The number of nitrogens with zero attached hydrogens (tertiary/aromatic N) is 1. The Hall–Kier alpha value is -3.77. The normalized spacial score (nSPS) is 11.0. The Labute approximate surface area is 176 Å². The van der Waals surface area contributed by atoms with Gasteiger partial charge in [0.15, 0.2) is 0 Å². The SMILES string of the molecule is O=C(Nc1ccccc1-c1csc(-c2ccccc2F)n1)c1cc2ccccc2[nH]1. The third kappa shape index (κ3) is 3.38. The third-order valence-corrected chi connectivity index (χ3v) is 5.71. The van der Waals surface area contributed by atoms with Gasteiger partial charge in [-0.05, 0) is 30.3 Å². The quantitative estimate of drug-likeness (QED) is 0.361. The standard InChI is InChI=1S/C24H16FN3OS/c25-18-10-4-2-8-16(18)24-28-22(14-30-24)17-9-3-6-12-20(17)27-23(29)21-13-15-7-1-5-11-19(15)26-21/h1-14,26H,(H,27,29). The Balaban J connectivity index is 1.46. The van der Waals surface area contributed by atoms with E-state index in [0.29, 0.717) is 27.6 Å². The number of para-hydroxylation sites is 2. The highest BCUT2D eigenvalue weighted by Gasteiger charge is 2.15. The van der Waals surface area contributed by atoms with Gasteiger partial charge in [-0.25, -0.2) is 9.37 Å². The molecule has 30 heavy (non-hydrogen) atoms. The third-order valence-electron chi connectivity index (χ3n) is 4.83. The molecule has 2 N–H and O–H groups in total. The van der Waals surface area contributed by atoms with Crippen LogP contribution in [0.5, 0.6) is 0 Å². The second-order valence-corrected chi connectivity index (χ2v) is 7.65. The lowest BCUT2D eigenvalue weighted by molar-refractivity contribution is 0.102. The van der Waals surface area contributed by atoms with E-state index in [1.54, 1.807) is 18.2 Å². The van der Waals surface area contributed by atoms with Gasteiger partial charge in [-0.15, -0.1) is 11.3 Å². The van der Waals surface area contributed by atoms with Crippen molar-refractivity contribution in [3.63, 3.8) is 0 Å². The van der Waals surface area contributed by atoms with Gasteiger partial charge in [0.05, 0.1) is 11.4 Å². The van der Waals surface area contributed by atoms with E-state index in [2.05, 4.69) is 15.3 Å². The molecule has 6 heteroatoms. The number of carbonyl (C=O) groups excluding carboxylic acids is 1. The van der Waals surface area contributed by atoms with Crippen LogP contribution in [0.1, 0.15) is 10.5 Å². The van der Waals surface area contributed by atoms with Crippen LogP contribution in [0.25, 0.3) is 32.7 Å². The fourth-order valence-corrected chi connectivity index (χ4v) is 4.20. The van der Waals surface area contributed by atoms with Crippen molar-refractivity contribution in [2.75, 3.05) is 5.32 Å². The maximum Gasteiger partial charge on any atom is 0.272 e. The smallest absolute Gasteiger partial charge is 0.272 e. The molecule has 5 aromatic rings. The lowest BCUT2D eigenvalue weighted by atomic mass is 10.1. The zero-order chi connectivity index (χ0) is 20.5. The second-order valence-electron chi connectivity index (χ2n) is 6.79. The molecule has 0 atom stereocenters. The molecule has 3 aromatic carbocycles. The molecule has 1 amide bonds. The zero-order valence-corrected chi connectivity index (χ0v) is 16.5. The molecule has 0 aliphatic carbocycles. The molecule has 2 aromatic heterocycles. The van der Waals surface area contributed by atoms with Crippen LogP contribution in [0.15, 0.2) is 84.2 Å². The highest BCUT2D eigenvalue weighted by atomic mass is 32.1. The van der Waals surface area contributed by atoms with Crippen molar-refractivity contribution in [2.24, 2.45) is 0 Å². The minimum atomic E-state index is -0.307. The van der Waals surface area contributed by atoms with Crippen LogP contribution in [0.3, 0.4) is 0 Å². The van der Waals surface area contributed by atoms with Crippen LogP contribution in [-0.2, 0) is 0 Å². The molecule has 4 nitrogen and oxygen atoms in total. The number of halogens is 1. The van der Waals surface area contributed by atoms with Crippen LogP contribution in [0, 0.1) is 5.82 Å². The van der Waals surface area contributed by atoms with Crippen LogP contribution >= 0.6 is 11.3 Å². The number of rotatable bonds is 4. The van der Waals surface area contributed by atoms with Crippen LogP contribution in [0.4, 0.5) is 10.1 Å². The summed E-state index contributed by atoms with van der Waals surface area (Å²) in [6.45, 7) is 0. The van der Waals surface area contributed by atoms with E-state index in [0.717, 1.165) is 16.5 Å². The fraction of sp³-hybridized carbons (Fsp3) is 0. The molecule has 0 fully saturated rings. The first kappa shape index (κ1) is 18.3. The van der Waals surface area contributed by atoms with E-state index < -0.39 is 0 Å². The number of hydrogen-bond acceptors (Lipinski definition) is 3. The molecular weight excluding hydrogens is 397 g/mol. The molecule has 146 valence electrons. The number of aromatic amines is 1. The Morgan fingerprint density at radius 2 is 1.67 bits per heavy atom. The molecule has 2 heterocycles. The van der Waals surface area contributed by atoms with Crippen LogP contribution in [-0.4, -0.2) is 15.9 Å². The maximum absolute atomic E-state index is 14.1. The molecule has 0 aliphatic heterocycles. The van der Waals surface area contributed by atoms with Gasteiger partial charge >= 0.3 is 0 Å². The van der Waals surface area contributed by atoms with Gasteiger partial charge in [0.1, 0.15) is 16.5 Å². The first-order chi connectivity index (χ1) is 14.7. The first-order valence-electron chi connectivity index (χ1n) is 9.38. The topological polar surface area (TPSA) is 57.8 Å². The van der Waals surface area contributed by atoms with Crippen molar-refractivity contribution in [2.45, 2.75) is 0 Å². The highest BCUT2D eigenvalue weighted by molar-refractivity contribution is 7.13. The van der Waals surface area contributed by atoms with Gasteiger partial charge in [0.2, 0.25) is 0 Å². The average molecular weight is 413 g/mol. The Morgan fingerprint density at radius 1 is 0.933 bits per heavy atom. The number of thiazole rings is 1. The number of H-pyrrole nitrogens is 1. The molecule has 0 saturated heterocycles. The minimum Gasteiger partial charge on any atom is -0.351 e. The second kappa shape index (κ2) is 7.57. The van der Waals surface area contributed by atoms with E-state index in [-0.39, 0.29) is 11.7 Å². The minimum absolute atomic E-state index is 0.233. The number of hydrogen-bond donors (Lipinski definition) is 2. The van der Waals surface area contributed by atoms with Crippen molar-refractivity contribution >= 4 is 33.8 Å². The summed E-state index contributed by atoms with van der Waals surface area (Å²) in [6.07, 6.45) is 0. The highest BCUT2D eigenvalue weighted by Crippen LogP contribution is 2.33. The number of benzene rings is 3. The summed E-state index contributed by atoms with van der Waals surface area (Å²) in [7, 11) is 0. The van der Waals surface area contributed by atoms with E-state index >= 15 is 0 Å². The summed E-state index contributed by atoms with van der Waals surface area (Å²) in [5, 5.41) is 6.41. The largest absolute Gasteiger partial charge is 0.351 e. The Bertz CT molecular complexity index is 1340. The van der Waals surface area contributed by atoms with Crippen molar-refractivity contribution in [3.05, 3.63) is 95.8 Å². The van der Waals surface area contributed by atoms with Crippen molar-refractivity contribution in [1.82, 2.24) is 9.97 Å². The summed E-state index contributed by atoms with van der Waals surface area (Å²) < 4.78 is 14.1. The number of anilines is 1. The van der Waals surface area contributed by atoms with Crippen molar-refractivity contribution in [3.8, 4) is 21.8 Å². The lowest BCUT2D eigenvalue weighted by Gasteiger charge is -2.09. The van der Waals surface area contributed by atoms with E-state index in [1.807, 2.05) is 60.0 Å². The monoisotopic (exact) mass is 413 g/mol. The zero-order valence-electron chi connectivity index (χ0n) is 15.7. The predicted molar refractivity (Wildman–Crippen MR) is 119 cm³/mol. The molecule has 0 bridgehead atoms. The van der Waals surface area contributed by atoms with Crippen LogP contribution < -0.4 is 5.32 Å². The van der Waals surface area contributed by atoms with E-state index in [1.165, 1.54) is 17.4 Å². The molecule has 0 saturated carbocycles. The molecular formula is C24H16FN3OS. The maximum atomic E-state index is 14.1. The average Bonchev–Trinajstić information content (AvgIpc) is 3.42. The molecule has 0 aliphatic rings. The van der Waals surface area contributed by atoms with Gasteiger partial charge in [0, 0.05) is 27.4 Å². The molecule has 0 radical (unpaired) electrons. The predicted octanol–water partition coefficient (Wildman–Crippen LogP) is 6.35. The first-order valence-corrected chi connectivity index (χ1v) is 10.3. The van der Waals surface area contributed by atoms with E-state index in [9.17, 15) is 9.18 Å². The Morgan fingerprint density at radius 3 is 2.50 bits per heavy atom. The summed E-state index contributed by atoms with van der Waals surface area (Å²) in [4.78, 5) is 20.6. The Kier molecular flexibility index (Phi) is 4.61. The van der Waals surface area contributed by atoms with E-state index in [4.69, 9.17) is 0 Å². The number of fused-ring (bicyclic) bond motifs is 1. The lowest BCUT2D eigenvalue weighted by Crippen LogP contribution is -2.12.